The van der Waals surface area contributed by atoms with Crippen molar-refractivity contribution in [1.82, 2.24) is 0 Å². The molecule has 0 saturated heterocycles. The standard InChI is InChI=1S/C12H22O3/c1-5-7-8-9-11(14-6-2)15-12(13)10(3)4/h11H,3,5-9H2,1-2,4H3. The molecular weight excluding hydrogens is 192 g/mol. The van der Waals surface area contributed by atoms with Gasteiger partial charge < -0.3 is 9.47 Å². The number of hydrogen-bond donors (Lipinski definition) is 0. The SMILES string of the molecule is C=C(C)C(=O)OC(CCCCC)OCC. The normalized spacial score (nSPS) is 12.2. The van der Waals surface area contributed by atoms with Crippen molar-refractivity contribution in [2.24, 2.45) is 0 Å². The molecule has 0 aliphatic rings. The number of rotatable bonds is 8. The molecule has 0 fully saturated rings. The molecule has 0 amide bonds. The van der Waals surface area contributed by atoms with Gasteiger partial charge in [0, 0.05) is 18.6 Å². The van der Waals surface area contributed by atoms with Crippen molar-refractivity contribution in [3.63, 3.8) is 0 Å². The zero-order chi connectivity index (χ0) is 11.7. The van der Waals surface area contributed by atoms with E-state index in [9.17, 15) is 4.79 Å². The third-order valence-electron chi connectivity index (χ3n) is 1.98. The van der Waals surface area contributed by atoms with Crippen LogP contribution < -0.4 is 0 Å². The lowest BCUT2D eigenvalue weighted by molar-refractivity contribution is -0.174. The molecular formula is C12H22O3. The van der Waals surface area contributed by atoms with Gasteiger partial charge in [0.25, 0.3) is 0 Å². The van der Waals surface area contributed by atoms with E-state index in [0.29, 0.717) is 12.2 Å². The first kappa shape index (κ1) is 14.2. The van der Waals surface area contributed by atoms with E-state index >= 15 is 0 Å². The highest BCUT2D eigenvalue weighted by Crippen LogP contribution is 2.10. The maximum Gasteiger partial charge on any atom is 0.335 e. The Balaban J connectivity index is 3.91. The molecule has 0 spiro atoms. The van der Waals surface area contributed by atoms with Crippen LogP contribution in [0.4, 0.5) is 0 Å². The van der Waals surface area contributed by atoms with E-state index in [2.05, 4.69) is 13.5 Å². The molecule has 0 heterocycles. The highest BCUT2D eigenvalue weighted by atomic mass is 16.7. The number of hydrogen-bond acceptors (Lipinski definition) is 3. The smallest absolute Gasteiger partial charge is 0.335 e. The van der Waals surface area contributed by atoms with E-state index in [1.165, 1.54) is 0 Å². The third kappa shape index (κ3) is 7.14. The molecule has 0 aromatic carbocycles. The monoisotopic (exact) mass is 214 g/mol. The number of esters is 1. The average Bonchev–Trinajstić information content (AvgIpc) is 2.18. The van der Waals surface area contributed by atoms with E-state index in [-0.39, 0.29) is 5.97 Å². The molecule has 0 rings (SSSR count). The highest BCUT2D eigenvalue weighted by Gasteiger charge is 2.14. The van der Waals surface area contributed by atoms with Crippen molar-refractivity contribution in [3.05, 3.63) is 12.2 Å². The van der Waals surface area contributed by atoms with E-state index < -0.39 is 6.29 Å². The lowest BCUT2D eigenvalue weighted by atomic mass is 10.2. The van der Waals surface area contributed by atoms with Crippen LogP contribution >= 0.6 is 0 Å². The molecule has 0 aliphatic carbocycles. The molecule has 0 N–H and O–H groups in total. The molecule has 0 saturated carbocycles. The summed E-state index contributed by atoms with van der Waals surface area (Å²) in [6, 6.07) is 0. The van der Waals surface area contributed by atoms with Crippen LogP contribution in [0.2, 0.25) is 0 Å². The van der Waals surface area contributed by atoms with Crippen molar-refractivity contribution in [3.8, 4) is 0 Å². The fourth-order valence-electron chi connectivity index (χ4n) is 1.14. The Hall–Kier alpha value is -0.830. The summed E-state index contributed by atoms with van der Waals surface area (Å²) >= 11 is 0. The summed E-state index contributed by atoms with van der Waals surface area (Å²) < 4.78 is 10.5. The lowest BCUT2D eigenvalue weighted by Crippen LogP contribution is -2.21. The second-order valence-corrected chi connectivity index (χ2v) is 3.57. The Kier molecular flexibility index (Phi) is 8.01. The zero-order valence-electron chi connectivity index (χ0n) is 10.0. The highest BCUT2D eigenvalue weighted by molar-refractivity contribution is 5.86. The van der Waals surface area contributed by atoms with Gasteiger partial charge in [0.2, 0.25) is 6.29 Å². The molecule has 1 atom stereocenters. The Morgan fingerprint density at radius 1 is 1.33 bits per heavy atom. The van der Waals surface area contributed by atoms with E-state index in [4.69, 9.17) is 9.47 Å². The Morgan fingerprint density at radius 3 is 2.47 bits per heavy atom. The summed E-state index contributed by atoms with van der Waals surface area (Å²) in [4.78, 5) is 11.3. The predicted molar refractivity (Wildman–Crippen MR) is 60.5 cm³/mol. The Morgan fingerprint density at radius 2 is 2.00 bits per heavy atom. The molecule has 1 unspecified atom stereocenters. The van der Waals surface area contributed by atoms with Crippen molar-refractivity contribution in [1.29, 1.82) is 0 Å². The lowest BCUT2D eigenvalue weighted by Gasteiger charge is -2.17. The van der Waals surface area contributed by atoms with Gasteiger partial charge in [0.05, 0.1) is 0 Å². The van der Waals surface area contributed by atoms with Gasteiger partial charge in [-0.15, -0.1) is 0 Å². The third-order valence-corrected chi connectivity index (χ3v) is 1.98. The summed E-state index contributed by atoms with van der Waals surface area (Å²) in [6.45, 7) is 9.75. The maximum absolute atomic E-state index is 11.3. The number of carbonyl (C=O) groups excluding carboxylic acids is 1. The zero-order valence-corrected chi connectivity index (χ0v) is 10.0. The van der Waals surface area contributed by atoms with Crippen LogP contribution in [0.3, 0.4) is 0 Å². The Labute approximate surface area is 92.5 Å². The summed E-state index contributed by atoms with van der Waals surface area (Å²) in [5, 5.41) is 0. The second kappa shape index (κ2) is 8.48. The van der Waals surface area contributed by atoms with Crippen LogP contribution in [0.15, 0.2) is 12.2 Å². The maximum atomic E-state index is 11.3. The summed E-state index contributed by atoms with van der Waals surface area (Å²) in [5.74, 6) is -0.370. The van der Waals surface area contributed by atoms with E-state index in [1.807, 2.05) is 6.92 Å². The van der Waals surface area contributed by atoms with Crippen molar-refractivity contribution >= 4 is 5.97 Å². The van der Waals surface area contributed by atoms with Crippen molar-refractivity contribution in [2.45, 2.75) is 52.7 Å². The number of ether oxygens (including phenoxy) is 2. The van der Waals surface area contributed by atoms with Gasteiger partial charge in [-0.25, -0.2) is 4.79 Å². The molecule has 3 nitrogen and oxygen atoms in total. The van der Waals surface area contributed by atoms with Gasteiger partial charge in [0.1, 0.15) is 0 Å². The fourth-order valence-corrected chi connectivity index (χ4v) is 1.14. The van der Waals surface area contributed by atoms with Crippen LogP contribution in [0.25, 0.3) is 0 Å². The quantitative estimate of drug-likeness (QED) is 0.269. The van der Waals surface area contributed by atoms with Crippen molar-refractivity contribution in [2.75, 3.05) is 6.61 Å². The molecule has 0 aromatic rings. The van der Waals surface area contributed by atoms with Gasteiger partial charge in [-0.05, 0) is 20.3 Å². The molecule has 0 aliphatic heterocycles. The first-order chi connectivity index (χ1) is 7.11. The summed E-state index contributed by atoms with van der Waals surface area (Å²) in [6.07, 6.45) is 3.65. The number of carbonyl (C=O) groups is 1. The van der Waals surface area contributed by atoms with Crippen LogP contribution in [0, 0.1) is 0 Å². The molecule has 15 heavy (non-hydrogen) atoms. The van der Waals surface area contributed by atoms with Crippen LogP contribution in [-0.4, -0.2) is 18.9 Å². The van der Waals surface area contributed by atoms with E-state index in [0.717, 1.165) is 25.7 Å². The van der Waals surface area contributed by atoms with Crippen LogP contribution in [0.5, 0.6) is 0 Å². The summed E-state index contributed by atoms with van der Waals surface area (Å²) in [5.41, 5.74) is 0.412. The van der Waals surface area contributed by atoms with Gasteiger partial charge in [-0.3, -0.25) is 0 Å². The fraction of sp³-hybridized carbons (Fsp3) is 0.750. The largest absolute Gasteiger partial charge is 0.432 e. The minimum Gasteiger partial charge on any atom is -0.432 e. The van der Waals surface area contributed by atoms with Gasteiger partial charge in [-0.1, -0.05) is 26.3 Å². The molecule has 3 heteroatoms. The van der Waals surface area contributed by atoms with Crippen LogP contribution in [0.1, 0.15) is 46.5 Å². The average molecular weight is 214 g/mol. The minimum absolute atomic E-state index is 0.370. The second-order valence-electron chi connectivity index (χ2n) is 3.57. The predicted octanol–water partition coefficient (Wildman–Crippen LogP) is 3.05. The van der Waals surface area contributed by atoms with Gasteiger partial charge in [0.15, 0.2) is 0 Å². The summed E-state index contributed by atoms with van der Waals surface area (Å²) in [7, 11) is 0. The molecule has 0 radical (unpaired) electrons. The van der Waals surface area contributed by atoms with Crippen LogP contribution in [-0.2, 0) is 14.3 Å². The van der Waals surface area contributed by atoms with Gasteiger partial charge >= 0.3 is 5.97 Å². The molecule has 0 aromatic heterocycles. The van der Waals surface area contributed by atoms with Gasteiger partial charge in [-0.2, -0.15) is 0 Å². The number of unbranched alkanes of at least 4 members (excludes halogenated alkanes) is 2. The Bertz CT molecular complexity index is 199. The first-order valence-electron chi connectivity index (χ1n) is 5.59. The molecule has 0 bridgehead atoms. The van der Waals surface area contributed by atoms with E-state index in [1.54, 1.807) is 6.92 Å². The minimum atomic E-state index is -0.411. The van der Waals surface area contributed by atoms with Crippen molar-refractivity contribution < 1.29 is 14.3 Å². The first-order valence-corrected chi connectivity index (χ1v) is 5.59. The topological polar surface area (TPSA) is 35.5 Å². The molecule has 88 valence electrons.